The Bertz CT molecular complexity index is 598. The SMILES string of the molecule is NC(=O)C[C@@H]1CCCN(C(=O)Nc2cccc(N3CCCC3)c2)C1. The highest BCUT2D eigenvalue weighted by atomic mass is 16.2. The monoisotopic (exact) mass is 330 g/mol. The smallest absolute Gasteiger partial charge is 0.321 e. The van der Waals surface area contributed by atoms with Crippen LogP contribution in [0.15, 0.2) is 24.3 Å². The average Bonchev–Trinajstić information content (AvgIpc) is 3.09. The number of nitrogens with zero attached hydrogens (tertiary/aromatic N) is 2. The van der Waals surface area contributed by atoms with E-state index >= 15 is 0 Å². The normalized spacial score (nSPS) is 20.9. The van der Waals surface area contributed by atoms with Crippen LogP contribution in [0.5, 0.6) is 0 Å². The highest BCUT2D eigenvalue weighted by Gasteiger charge is 2.25. The van der Waals surface area contributed by atoms with Crippen molar-refractivity contribution in [1.82, 2.24) is 4.90 Å². The Hall–Kier alpha value is -2.24. The van der Waals surface area contributed by atoms with E-state index in [1.165, 1.54) is 12.8 Å². The molecule has 0 aliphatic carbocycles. The first-order valence-corrected chi connectivity index (χ1v) is 8.81. The molecule has 2 aliphatic heterocycles. The molecule has 0 bridgehead atoms. The molecule has 0 radical (unpaired) electrons. The van der Waals surface area contributed by atoms with Gasteiger partial charge in [0.05, 0.1) is 0 Å². The minimum Gasteiger partial charge on any atom is -0.371 e. The Morgan fingerprint density at radius 1 is 1.17 bits per heavy atom. The maximum atomic E-state index is 12.5. The van der Waals surface area contributed by atoms with Crippen LogP contribution in [-0.4, -0.2) is 43.0 Å². The van der Waals surface area contributed by atoms with Gasteiger partial charge in [0.1, 0.15) is 0 Å². The molecule has 1 aromatic rings. The predicted molar refractivity (Wildman–Crippen MR) is 95.0 cm³/mol. The number of rotatable bonds is 4. The molecule has 0 saturated carbocycles. The number of carbonyl (C=O) groups is 2. The first-order chi connectivity index (χ1) is 11.6. The molecule has 130 valence electrons. The summed E-state index contributed by atoms with van der Waals surface area (Å²) < 4.78 is 0. The average molecular weight is 330 g/mol. The van der Waals surface area contributed by atoms with Gasteiger partial charge in [-0.15, -0.1) is 0 Å². The number of nitrogens with one attached hydrogen (secondary N) is 1. The number of benzene rings is 1. The van der Waals surface area contributed by atoms with Gasteiger partial charge in [-0.25, -0.2) is 4.79 Å². The Morgan fingerprint density at radius 2 is 1.96 bits per heavy atom. The van der Waals surface area contributed by atoms with Gasteiger partial charge in [-0.1, -0.05) is 6.07 Å². The van der Waals surface area contributed by atoms with Gasteiger partial charge in [-0.3, -0.25) is 4.79 Å². The second-order valence-corrected chi connectivity index (χ2v) is 6.80. The molecule has 6 nitrogen and oxygen atoms in total. The summed E-state index contributed by atoms with van der Waals surface area (Å²) in [6.07, 6.45) is 4.68. The van der Waals surface area contributed by atoms with Crippen LogP contribution in [0.2, 0.25) is 0 Å². The molecule has 2 saturated heterocycles. The molecule has 0 spiro atoms. The summed E-state index contributed by atoms with van der Waals surface area (Å²) in [5.74, 6) is -0.112. The second-order valence-electron chi connectivity index (χ2n) is 6.80. The van der Waals surface area contributed by atoms with E-state index in [2.05, 4.69) is 16.3 Å². The lowest BCUT2D eigenvalue weighted by atomic mass is 9.95. The Balaban J connectivity index is 1.59. The van der Waals surface area contributed by atoms with Crippen LogP contribution in [0.3, 0.4) is 0 Å². The van der Waals surface area contributed by atoms with Gasteiger partial charge < -0.3 is 20.9 Å². The lowest BCUT2D eigenvalue weighted by Crippen LogP contribution is -2.43. The van der Waals surface area contributed by atoms with Gasteiger partial charge in [-0.2, -0.15) is 0 Å². The summed E-state index contributed by atoms with van der Waals surface area (Å²) in [6.45, 7) is 3.49. The topological polar surface area (TPSA) is 78.7 Å². The standard InChI is InChI=1S/C18H26N4O2/c19-17(23)11-14-5-4-10-22(13-14)18(24)20-15-6-3-7-16(12-15)21-8-1-2-9-21/h3,6-7,12,14H,1-2,4-5,8-11,13H2,(H2,19,23)(H,20,24)/t14-/m0/s1. The highest BCUT2D eigenvalue weighted by Crippen LogP contribution is 2.24. The number of hydrogen-bond acceptors (Lipinski definition) is 3. The van der Waals surface area contributed by atoms with E-state index in [4.69, 9.17) is 5.73 Å². The van der Waals surface area contributed by atoms with Crippen molar-refractivity contribution >= 4 is 23.3 Å². The third-order valence-corrected chi connectivity index (χ3v) is 4.86. The number of carbonyl (C=O) groups excluding carboxylic acids is 2. The summed E-state index contributed by atoms with van der Waals surface area (Å²) in [5, 5.41) is 2.99. The number of primary amides is 1. The molecule has 3 rings (SSSR count). The molecular formula is C18H26N4O2. The first-order valence-electron chi connectivity index (χ1n) is 8.81. The van der Waals surface area contributed by atoms with Gasteiger partial charge in [0.2, 0.25) is 5.91 Å². The quantitative estimate of drug-likeness (QED) is 0.890. The van der Waals surface area contributed by atoms with Gasteiger partial charge in [0.15, 0.2) is 0 Å². The van der Waals surface area contributed by atoms with Crippen molar-refractivity contribution in [2.45, 2.75) is 32.1 Å². The zero-order valence-electron chi connectivity index (χ0n) is 14.0. The number of hydrogen-bond donors (Lipinski definition) is 2. The summed E-state index contributed by atoms with van der Waals surface area (Å²) >= 11 is 0. The third kappa shape index (κ3) is 4.19. The van der Waals surface area contributed by atoms with Crippen molar-refractivity contribution in [3.8, 4) is 0 Å². The molecule has 1 atom stereocenters. The minimum absolute atomic E-state index is 0.0947. The fraction of sp³-hybridized carbons (Fsp3) is 0.556. The number of urea groups is 1. The minimum atomic E-state index is -0.291. The van der Waals surface area contributed by atoms with E-state index in [-0.39, 0.29) is 17.9 Å². The van der Waals surface area contributed by atoms with Crippen molar-refractivity contribution < 1.29 is 9.59 Å². The zero-order valence-corrected chi connectivity index (χ0v) is 14.0. The van der Waals surface area contributed by atoms with Crippen LogP contribution in [0.25, 0.3) is 0 Å². The summed E-state index contributed by atoms with van der Waals surface area (Å²) in [4.78, 5) is 27.8. The Morgan fingerprint density at radius 3 is 2.71 bits per heavy atom. The number of piperidine rings is 1. The van der Waals surface area contributed by atoms with E-state index in [0.717, 1.165) is 43.9 Å². The number of nitrogens with two attached hydrogens (primary N) is 1. The second kappa shape index (κ2) is 7.55. The van der Waals surface area contributed by atoms with Crippen molar-refractivity contribution in [3.63, 3.8) is 0 Å². The maximum Gasteiger partial charge on any atom is 0.321 e. The van der Waals surface area contributed by atoms with E-state index in [1.54, 1.807) is 4.90 Å². The molecule has 2 aliphatic rings. The Kier molecular flexibility index (Phi) is 5.23. The van der Waals surface area contributed by atoms with Crippen LogP contribution < -0.4 is 16.0 Å². The number of likely N-dealkylation sites (tertiary alicyclic amines) is 1. The summed E-state index contributed by atoms with van der Waals surface area (Å²) in [5.41, 5.74) is 7.27. The highest BCUT2D eigenvalue weighted by molar-refractivity contribution is 5.90. The van der Waals surface area contributed by atoms with E-state index in [9.17, 15) is 9.59 Å². The summed E-state index contributed by atoms with van der Waals surface area (Å²) in [6, 6.07) is 7.93. The molecule has 0 unspecified atom stereocenters. The number of anilines is 2. The lowest BCUT2D eigenvalue weighted by molar-refractivity contribution is -0.119. The van der Waals surface area contributed by atoms with Crippen molar-refractivity contribution in [3.05, 3.63) is 24.3 Å². The van der Waals surface area contributed by atoms with Crippen LogP contribution in [0, 0.1) is 5.92 Å². The maximum absolute atomic E-state index is 12.5. The number of amides is 3. The summed E-state index contributed by atoms with van der Waals surface area (Å²) in [7, 11) is 0. The molecular weight excluding hydrogens is 304 g/mol. The molecule has 1 aromatic carbocycles. The van der Waals surface area contributed by atoms with Crippen LogP contribution >= 0.6 is 0 Å². The van der Waals surface area contributed by atoms with Gasteiger partial charge in [-0.05, 0) is 49.8 Å². The molecule has 6 heteroatoms. The van der Waals surface area contributed by atoms with Crippen molar-refractivity contribution in [2.24, 2.45) is 11.7 Å². The van der Waals surface area contributed by atoms with Crippen molar-refractivity contribution in [2.75, 3.05) is 36.4 Å². The lowest BCUT2D eigenvalue weighted by Gasteiger charge is -2.32. The van der Waals surface area contributed by atoms with E-state index in [0.29, 0.717) is 13.0 Å². The van der Waals surface area contributed by atoms with Crippen LogP contribution in [-0.2, 0) is 4.79 Å². The molecule has 24 heavy (non-hydrogen) atoms. The van der Waals surface area contributed by atoms with Gasteiger partial charge in [0.25, 0.3) is 0 Å². The predicted octanol–water partition coefficient (Wildman–Crippen LogP) is 2.41. The fourth-order valence-corrected chi connectivity index (χ4v) is 3.66. The fourth-order valence-electron chi connectivity index (χ4n) is 3.66. The van der Waals surface area contributed by atoms with E-state index < -0.39 is 0 Å². The third-order valence-electron chi connectivity index (χ3n) is 4.86. The molecule has 3 N–H and O–H groups in total. The zero-order chi connectivity index (χ0) is 16.9. The first kappa shape index (κ1) is 16.6. The molecule has 2 heterocycles. The largest absolute Gasteiger partial charge is 0.371 e. The van der Waals surface area contributed by atoms with Crippen molar-refractivity contribution in [1.29, 1.82) is 0 Å². The van der Waals surface area contributed by atoms with Gasteiger partial charge >= 0.3 is 6.03 Å². The van der Waals surface area contributed by atoms with Gasteiger partial charge in [0, 0.05) is 44.0 Å². The molecule has 2 fully saturated rings. The Labute approximate surface area is 143 Å². The molecule has 0 aromatic heterocycles. The van der Waals surface area contributed by atoms with Crippen LogP contribution in [0.4, 0.5) is 16.2 Å². The van der Waals surface area contributed by atoms with Crippen LogP contribution in [0.1, 0.15) is 32.1 Å². The molecule has 3 amide bonds. The van der Waals surface area contributed by atoms with E-state index in [1.807, 2.05) is 18.2 Å².